The highest BCUT2D eigenvalue weighted by Gasteiger charge is 2.61. The van der Waals surface area contributed by atoms with Crippen molar-refractivity contribution in [2.75, 3.05) is 0 Å². The van der Waals surface area contributed by atoms with Gasteiger partial charge in [0.25, 0.3) is 0 Å². The van der Waals surface area contributed by atoms with E-state index >= 15 is 0 Å². The third kappa shape index (κ3) is 2.73. The summed E-state index contributed by atoms with van der Waals surface area (Å²) in [5, 5.41) is 57.3. The van der Waals surface area contributed by atoms with Gasteiger partial charge >= 0.3 is 5.97 Å². The van der Waals surface area contributed by atoms with E-state index in [1.54, 1.807) is 0 Å². The monoisotopic (exact) mass is 280 g/mol. The maximum atomic E-state index is 11.3. The molecule has 1 fully saturated rings. The molecule has 112 valence electrons. The summed E-state index contributed by atoms with van der Waals surface area (Å²) in [7, 11) is 0. The van der Waals surface area contributed by atoms with E-state index in [4.69, 9.17) is 4.74 Å². The molecule has 8 heteroatoms. The number of aliphatic hydroxyl groups is 5. The summed E-state index contributed by atoms with van der Waals surface area (Å²) in [5.41, 5.74) is -2.56. The molecule has 1 rings (SSSR count). The first-order valence-corrected chi connectivity index (χ1v) is 6.10. The second-order valence-electron chi connectivity index (χ2n) is 4.69. The number of carboxylic acid groups (broad SMARTS) is 1. The van der Waals surface area contributed by atoms with Gasteiger partial charge in [0, 0.05) is 0 Å². The molecule has 0 bridgehead atoms. The summed E-state index contributed by atoms with van der Waals surface area (Å²) in [6.07, 6.45) is -8.32. The van der Waals surface area contributed by atoms with Crippen molar-refractivity contribution in [3.8, 4) is 0 Å². The van der Waals surface area contributed by atoms with Crippen LogP contribution >= 0.6 is 0 Å². The first-order chi connectivity index (χ1) is 8.78. The molecule has 0 aromatic rings. The molecule has 6 unspecified atom stereocenters. The fraction of sp³-hybridized carbons (Fsp3) is 0.909. The molecule has 1 heterocycles. The van der Waals surface area contributed by atoms with Crippen LogP contribution in [0.2, 0.25) is 0 Å². The van der Waals surface area contributed by atoms with Gasteiger partial charge in [0.15, 0.2) is 6.29 Å². The van der Waals surface area contributed by atoms with E-state index in [-0.39, 0.29) is 6.42 Å². The summed E-state index contributed by atoms with van der Waals surface area (Å²) in [5.74, 6) is -1.71. The van der Waals surface area contributed by atoms with E-state index in [1.165, 1.54) is 0 Å². The highest BCUT2D eigenvalue weighted by molar-refractivity contribution is 5.79. The Morgan fingerprint density at radius 2 is 1.84 bits per heavy atom. The van der Waals surface area contributed by atoms with Crippen LogP contribution in [0.1, 0.15) is 26.2 Å². The van der Waals surface area contributed by atoms with Crippen LogP contribution in [0.3, 0.4) is 0 Å². The summed E-state index contributed by atoms with van der Waals surface area (Å²) in [6, 6.07) is 0. The van der Waals surface area contributed by atoms with Gasteiger partial charge in [-0.3, -0.25) is 0 Å². The van der Waals surface area contributed by atoms with Crippen molar-refractivity contribution in [1.29, 1.82) is 0 Å². The van der Waals surface area contributed by atoms with Gasteiger partial charge in [0.1, 0.15) is 18.3 Å². The van der Waals surface area contributed by atoms with Crippen LogP contribution in [0.4, 0.5) is 0 Å². The van der Waals surface area contributed by atoms with Gasteiger partial charge < -0.3 is 35.4 Å². The van der Waals surface area contributed by atoms with Crippen molar-refractivity contribution in [2.24, 2.45) is 0 Å². The topological polar surface area (TPSA) is 148 Å². The van der Waals surface area contributed by atoms with Crippen molar-refractivity contribution >= 4 is 5.97 Å². The average Bonchev–Trinajstić information content (AvgIpc) is 2.37. The Kier molecular flexibility index (Phi) is 5.25. The van der Waals surface area contributed by atoms with Crippen molar-refractivity contribution in [3.05, 3.63) is 0 Å². The number of unbranched alkanes of at least 4 members (excludes halogenated alkanes) is 1. The Morgan fingerprint density at radius 1 is 1.26 bits per heavy atom. The smallest absolute Gasteiger partial charge is 0.341 e. The minimum Gasteiger partial charge on any atom is -0.479 e. The van der Waals surface area contributed by atoms with Crippen LogP contribution in [-0.4, -0.2) is 72.9 Å². The minimum absolute atomic E-state index is 0.00932. The fourth-order valence-corrected chi connectivity index (χ4v) is 2.16. The molecule has 8 nitrogen and oxygen atoms in total. The second kappa shape index (κ2) is 6.12. The Bertz CT molecular complexity index is 322. The van der Waals surface area contributed by atoms with Gasteiger partial charge in [-0.15, -0.1) is 0 Å². The quantitative estimate of drug-likeness (QED) is 0.332. The molecule has 0 amide bonds. The first kappa shape index (κ1) is 16.3. The van der Waals surface area contributed by atoms with Crippen molar-refractivity contribution < 1.29 is 40.2 Å². The zero-order chi connectivity index (χ0) is 14.8. The lowest BCUT2D eigenvalue weighted by Gasteiger charge is -2.46. The lowest BCUT2D eigenvalue weighted by molar-refractivity contribution is -0.332. The molecule has 1 saturated heterocycles. The third-order valence-corrected chi connectivity index (χ3v) is 3.38. The average molecular weight is 280 g/mol. The summed E-state index contributed by atoms with van der Waals surface area (Å²) < 4.78 is 4.74. The van der Waals surface area contributed by atoms with E-state index in [9.17, 15) is 35.4 Å². The first-order valence-electron chi connectivity index (χ1n) is 6.10. The number of carbonyl (C=O) groups is 1. The Hall–Kier alpha value is -0.770. The maximum Gasteiger partial charge on any atom is 0.341 e. The lowest BCUT2D eigenvalue weighted by Crippen LogP contribution is -2.71. The van der Waals surface area contributed by atoms with Gasteiger partial charge in [-0.05, 0) is 6.42 Å². The molecule has 0 spiro atoms. The SMILES string of the molecule is CCCCC(O)C1(C(=O)O)OC(O)C(O)C(O)C1O. The molecule has 0 aliphatic carbocycles. The zero-order valence-corrected chi connectivity index (χ0v) is 10.5. The molecule has 0 saturated carbocycles. The van der Waals surface area contributed by atoms with Crippen LogP contribution in [0.15, 0.2) is 0 Å². The maximum absolute atomic E-state index is 11.3. The summed E-state index contributed by atoms with van der Waals surface area (Å²) >= 11 is 0. The van der Waals surface area contributed by atoms with Gasteiger partial charge in [0.2, 0.25) is 5.60 Å². The van der Waals surface area contributed by atoms with Gasteiger partial charge in [-0.1, -0.05) is 19.8 Å². The second-order valence-corrected chi connectivity index (χ2v) is 4.69. The molecule has 1 aliphatic heterocycles. The van der Waals surface area contributed by atoms with Crippen LogP contribution < -0.4 is 0 Å². The van der Waals surface area contributed by atoms with E-state index in [1.807, 2.05) is 6.92 Å². The number of ether oxygens (including phenoxy) is 1. The van der Waals surface area contributed by atoms with E-state index in [0.29, 0.717) is 12.8 Å². The largest absolute Gasteiger partial charge is 0.479 e. The van der Waals surface area contributed by atoms with Crippen molar-refractivity contribution in [3.63, 3.8) is 0 Å². The van der Waals surface area contributed by atoms with Crippen molar-refractivity contribution in [1.82, 2.24) is 0 Å². The fourth-order valence-electron chi connectivity index (χ4n) is 2.16. The number of hydrogen-bond acceptors (Lipinski definition) is 7. The van der Waals surface area contributed by atoms with Gasteiger partial charge in [-0.2, -0.15) is 0 Å². The normalized spacial score (nSPS) is 40.9. The molecular formula is C11H20O8. The summed E-state index contributed by atoms with van der Waals surface area (Å²) in [4.78, 5) is 11.3. The molecule has 1 aliphatic rings. The third-order valence-electron chi connectivity index (χ3n) is 3.38. The molecule has 0 aromatic heterocycles. The molecular weight excluding hydrogens is 260 g/mol. The van der Waals surface area contributed by atoms with Gasteiger partial charge in [0.05, 0.1) is 6.10 Å². The number of aliphatic hydroxyl groups excluding tert-OH is 5. The Labute approximate surface area is 109 Å². The standard InChI is InChI=1S/C11H20O8/c1-2-3-4-5(12)11(10(17)18)8(15)6(13)7(14)9(16)19-11/h5-9,12-16H,2-4H2,1H3,(H,17,18). The van der Waals surface area contributed by atoms with Crippen LogP contribution in [-0.2, 0) is 9.53 Å². The predicted molar refractivity (Wildman–Crippen MR) is 61.0 cm³/mol. The van der Waals surface area contributed by atoms with E-state index in [0.717, 1.165) is 0 Å². The number of aliphatic carboxylic acids is 1. The number of hydrogen-bond donors (Lipinski definition) is 6. The number of carboxylic acids is 1. The summed E-state index contributed by atoms with van der Waals surface area (Å²) in [6.45, 7) is 1.83. The molecule has 19 heavy (non-hydrogen) atoms. The van der Waals surface area contributed by atoms with E-state index < -0.39 is 42.3 Å². The Balaban J connectivity index is 3.07. The Morgan fingerprint density at radius 3 is 2.32 bits per heavy atom. The van der Waals surface area contributed by atoms with Crippen LogP contribution in [0.5, 0.6) is 0 Å². The van der Waals surface area contributed by atoms with E-state index in [2.05, 4.69) is 0 Å². The molecule has 0 radical (unpaired) electrons. The highest BCUT2D eigenvalue weighted by atomic mass is 16.7. The predicted octanol–water partition coefficient (Wildman–Crippen LogP) is -2.21. The van der Waals surface area contributed by atoms with Crippen LogP contribution in [0.25, 0.3) is 0 Å². The zero-order valence-electron chi connectivity index (χ0n) is 10.5. The van der Waals surface area contributed by atoms with Crippen LogP contribution in [0, 0.1) is 0 Å². The number of rotatable bonds is 5. The minimum atomic E-state index is -2.56. The molecule has 6 atom stereocenters. The highest BCUT2D eigenvalue weighted by Crippen LogP contribution is 2.34. The van der Waals surface area contributed by atoms with Crippen molar-refractivity contribution in [2.45, 2.75) is 62.5 Å². The van der Waals surface area contributed by atoms with Gasteiger partial charge in [-0.25, -0.2) is 4.79 Å². The lowest BCUT2D eigenvalue weighted by atomic mass is 9.80. The molecule has 6 N–H and O–H groups in total. The molecule has 0 aromatic carbocycles.